The Morgan fingerprint density at radius 2 is 2.22 bits per heavy atom. The molecule has 0 amide bonds. The highest BCUT2D eigenvalue weighted by Gasteiger charge is 2.15. The van der Waals surface area contributed by atoms with Gasteiger partial charge in [0.25, 0.3) is 0 Å². The third-order valence-corrected chi connectivity index (χ3v) is 2.95. The van der Waals surface area contributed by atoms with Gasteiger partial charge >= 0.3 is 5.97 Å². The van der Waals surface area contributed by atoms with E-state index < -0.39 is 5.97 Å². The summed E-state index contributed by atoms with van der Waals surface area (Å²) in [7, 11) is 0. The Labute approximate surface area is 107 Å². The lowest BCUT2D eigenvalue weighted by molar-refractivity contribution is 0.0481. The van der Waals surface area contributed by atoms with Gasteiger partial charge in [-0.2, -0.15) is 0 Å². The normalized spacial score (nSPS) is 11.9. The fourth-order valence-electron chi connectivity index (χ4n) is 1.46. The third kappa shape index (κ3) is 3.58. The van der Waals surface area contributed by atoms with Crippen LogP contribution in [0, 0.1) is 5.92 Å². The van der Waals surface area contributed by atoms with E-state index in [-0.39, 0.29) is 16.9 Å². The molecule has 4 heteroatoms. The number of carbonyl (C=O) groups excluding carboxylic acids is 2. The van der Waals surface area contributed by atoms with E-state index in [4.69, 9.17) is 4.74 Å². The van der Waals surface area contributed by atoms with Crippen LogP contribution in [0.5, 0.6) is 5.75 Å². The molecule has 0 bridgehead atoms. The Hall–Kier alpha value is -1.84. The van der Waals surface area contributed by atoms with E-state index in [1.807, 2.05) is 0 Å². The van der Waals surface area contributed by atoms with Gasteiger partial charge < -0.3 is 9.84 Å². The summed E-state index contributed by atoms with van der Waals surface area (Å²) in [4.78, 5) is 22.3. The van der Waals surface area contributed by atoms with E-state index in [2.05, 4.69) is 13.8 Å². The van der Waals surface area contributed by atoms with Crippen LogP contribution >= 0.6 is 0 Å². The van der Waals surface area contributed by atoms with Crippen LogP contribution in [0.3, 0.4) is 0 Å². The Kier molecular flexibility index (Phi) is 5.36. The maximum Gasteiger partial charge on any atom is 0.341 e. The second-order valence-electron chi connectivity index (χ2n) is 4.30. The molecular weight excluding hydrogens is 232 g/mol. The Morgan fingerprint density at radius 3 is 2.83 bits per heavy atom. The molecule has 1 N–H and O–H groups in total. The van der Waals surface area contributed by atoms with Gasteiger partial charge in [-0.25, -0.2) is 4.79 Å². The summed E-state index contributed by atoms with van der Waals surface area (Å²) in [6, 6.07) is 4.42. The van der Waals surface area contributed by atoms with E-state index in [1.54, 1.807) is 0 Å². The molecule has 1 atom stereocenters. The number of hydrogen-bond donors (Lipinski definition) is 1. The van der Waals surface area contributed by atoms with Crippen molar-refractivity contribution in [1.29, 1.82) is 0 Å². The number of carbonyl (C=O) groups is 2. The third-order valence-electron chi connectivity index (χ3n) is 2.95. The fourth-order valence-corrected chi connectivity index (χ4v) is 1.46. The van der Waals surface area contributed by atoms with E-state index >= 15 is 0 Å². The van der Waals surface area contributed by atoms with Gasteiger partial charge in [-0.1, -0.05) is 26.3 Å². The zero-order valence-electron chi connectivity index (χ0n) is 10.7. The first-order valence-corrected chi connectivity index (χ1v) is 6.04. The van der Waals surface area contributed by atoms with Crippen LogP contribution in [0.4, 0.5) is 0 Å². The molecule has 1 unspecified atom stereocenters. The van der Waals surface area contributed by atoms with Crippen molar-refractivity contribution in [1.82, 2.24) is 0 Å². The molecule has 0 aliphatic rings. The minimum absolute atomic E-state index is 0.0313. The summed E-state index contributed by atoms with van der Waals surface area (Å²) in [6.45, 7) is 4.47. The van der Waals surface area contributed by atoms with Crippen LogP contribution in [0.1, 0.15) is 47.4 Å². The van der Waals surface area contributed by atoms with Crippen LogP contribution in [0.2, 0.25) is 0 Å². The molecule has 0 saturated heterocycles. The number of ether oxygens (including phenoxy) is 1. The quantitative estimate of drug-likeness (QED) is 0.623. The average molecular weight is 250 g/mol. The summed E-state index contributed by atoms with van der Waals surface area (Å²) in [5.41, 5.74) is 0.120. The first kappa shape index (κ1) is 14.2. The molecule has 0 heterocycles. The number of aldehydes is 1. The van der Waals surface area contributed by atoms with Gasteiger partial charge in [0.2, 0.25) is 0 Å². The first-order chi connectivity index (χ1) is 8.60. The van der Waals surface area contributed by atoms with Crippen molar-refractivity contribution in [2.24, 2.45) is 5.92 Å². The molecule has 1 aromatic carbocycles. The van der Waals surface area contributed by atoms with E-state index in [0.29, 0.717) is 18.8 Å². The summed E-state index contributed by atoms with van der Waals surface area (Å²) < 4.78 is 5.07. The Bertz CT molecular complexity index is 426. The standard InChI is InChI=1S/C14H18O4/c1-3-10(2)7-8-18-14(17)12-6-4-5-11(9-15)13(12)16/h4-6,9-10,16H,3,7-8H2,1-2H3. The Balaban J connectivity index is 2.64. The van der Waals surface area contributed by atoms with Crippen LogP contribution in [0.15, 0.2) is 18.2 Å². The Morgan fingerprint density at radius 1 is 1.50 bits per heavy atom. The van der Waals surface area contributed by atoms with Gasteiger partial charge in [0.05, 0.1) is 12.2 Å². The van der Waals surface area contributed by atoms with Crippen molar-refractivity contribution in [2.45, 2.75) is 26.7 Å². The molecule has 0 spiro atoms. The summed E-state index contributed by atoms with van der Waals surface area (Å²) in [6.07, 6.45) is 2.32. The first-order valence-electron chi connectivity index (χ1n) is 6.04. The summed E-state index contributed by atoms with van der Waals surface area (Å²) >= 11 is 0. The van der Waals surface area contributed by atoms with Crippen LogP contribution < -0.4 is 0 Å². The molecule has 0 fully saturated rings. The maximum absolute atomic E-state index is 11.7. The minimum atomic E-state index is -0.598. The zero-order chi connectivity index (χ0) is 13.5. The van der Waals surface area contributed by atoms with Gasteiger partial charge in [-0.05, 0) is 24.5 Å². The molecule has 1 aromatic rings. The van der Waals surface area contributed by atoms with Gasteiger partial charge in [0.1, 0.15) is 11.3 Å². The lowest BCUT2D eigenvalue weighted by atomic mass is 10.1. The number of esters is 1. The number of hydrogen-bond acceptors (Lipinski definition) is 4. The van der Waals surface area contributed by atoms with Crippen molar-refractivity contribution in [3.63, 3.8) is 0 Å². The molecule has 98 valence electrons. The molecule has 1 rings (SSSR count). The second-order valence-corrected chi connectivity index (χ2v) is 4.30. The van der Waals surface area contributed by atoms with Gasteiger partial charge in [-0.15, -0.1) is 0 Å². The number of phenols is 1. The molecule has 18 heavy (non-hydrogen) atoms. The van der Waals surface area contributed by atoms with E-state index in [0.717, 1.165) is 12.8 Å². The number of para-hydroxylation sites is 1. The van der Waals surface area contributed by atoms with Crippen molar-refractivity contribution in [2.75, 3.05) is 6.61 Å². The smallest absolute Gasteiger partial charge is 0.341 e. The number of benzene rings is 1. The SMILES string of the molecule is CCC(C)CCOC(=O)c1cccc(C=O)c1O. The van der Waals surface area contributed by atoms with Crippen LogP contribution in [0.25, 0.3) is 0 Å². The predicted molar refractivity (Wildman–Crippen MR) is 67.8 cm³/mol. The van der Waals surface area contributed by atoms with Crippen LogP contribution in [-0.4, -0.2) is 24.0 Å². The predicted octanol–water partition coefficient (Wildman–Crippen LogP) is 2.80. The van der Waals surface area contributed by atoms with Gasteiger partial charge in [0.15, 0.2) is 6.29 Å². The van der Waals surface area contributed by atoms with Crippen molar-refractivity contribution in [3.05, 3.63) is 29.3 Å². The monoisotopic (exact) mass is 250 g/mol. The van der Waals surface area contributed by atoms with Crippen LogP contribution in [-0.2, 0) is 4.74 Å². The second kappa shape index (κ2) is 6.79. The molecule has 4 nitrogen and oxygen atoms in total. The number of rotatable bonds is 6. The van der Waals surface area contributed by atoms with E-state index in [9.17, 15) is 14.7 Å². The summed E-state index contributed by atoms with van der Waals surface area (Å²) in [5, 5.41) is 9.68. The zero-order valence-corrected chi connectivity index (χ0v) is 10.7. The van der Waals surface area contributed by atoms with E-state index in [1.165, 1.54) is 18.2 Å². The lowest BCUT2D eigenvalue weighted by Crippen LogP contribution is -2.09. The molecule has 0 radical (unpaired) electrons. The lowest BCUT2D eigenvalue weighted by Gasteiger charge is -2.10. The number of phenolic OH excluding ortho intramolecular Hbond substituents is 1. The molecule has 0 saturated carbocycles. The molecule has 0 aromatic heterocycles. The molecule has 0 aliphatic heterocycles. The summed E-state index contributed by atoms with van der Waals surface area (Å²) in [5.74, 6) is -0.423. The number of aromatic hydroxyl groups is 1. The van der Waals surface area contributed by atoms with Gasteiger partial charge in [-0.3, -0.25) is 4.79 Å². The van der Waals surface area contributed by atoms with Gasteiger partial charge in [0, 0.05) is 0 Å². The topological polar surface area (TPSA) is 63.6 Å². The molecule has 0 aliphatic carbocycles. The largest absolute Gasteiger partial charge is 0.506 e. The van der Waals surface area contributed by atoms with Crippen molar-refractivity contribution < 1.29 is 19.4 Å². The highest BCUT2D eigenvalue weighted by atomic mass is 16.5. The minimum Gasteiger partial charge on any atom is -0.506 e. The van der Waals surface area contributed by atoms with Crippen molar-refractivity contribution in [3.8, 4) is 5.75 Å². The maximum atomic E-state index is 11.7. The average Bonchev–Trinajstić information content (AvgIpc) is 2.38. The highest BCUT2D eigenvalue weighted by molar-refractivity contribution is 5.96. The van der Waals surface area contributed by atoms with Crippen molar-refractivity contribution >= 4 is 12.3 Å². The highest BCUT2D eigenvalue weighted by Crippen LogP contribution is 2.21. The fraction of sp³-hybridized carbons (Fsp3) is 0.429. The molecular formula is C14H18O4.